The van der Waals surface area contributed by atoms with E-state index in [4.69, 9.17) is 9.47 Å². The Morgan fingerprint density at radius 1 is 1.16 bits per heavy atom. The van der Waals surface area contributed by atoms with Crippen LogP contribution in [0.2, 0.25) is 0 Å². The van der Waals surface area contributed by atoms with Gasteiger partial charge in [0, 0.05) is 13.1 Å². The van der Waals surface area contributed by atoms with Crippen LogP contribution in [0.5, 0.6) is 0 Å². The van der Waals surface area contributed by atoms with Gasteiger partial charge < -0.3 is 9.47 Å². The van der Waals surface area contributed by atoms with E-state index in [9.17, 15) is 4.79 Å². The fourth-order valence-electron chi connectivity index (χ4n) is 2.52. The molecule has 0 aromatic heterocycles. The summed E-state index contributed by atoms with van der Waals surface area (Å²) in [6.45, 7) is 7.70. The van der Waals surface area contributed by atoms with Crippen LogP contribution in [0.15, 0.2) is 0 Å². The van der Waals surface area contributed by atoms with Gasteiger partial charge in [-0.2, -0.15) is 0 Å². The second-order valence-electron chi connectivity index (χ2n) is 5.12. The third-order valence-corrected chi connectivity index (χ3v) is 3.63. The summed E-state index contributed by atoms with van der Waals surface area (Å²) in [6, 6.07) is -0.0644. The molecule has 1 atom stereocenters. The first kappa shape index (κ1) is 16.4. The highest BCUT2D eigenvalue weighted by atomic mass is 16.5. The van der Waals surface area contributed by atoms with Gasteiger partial charge in [0.25, 0.3) is 0 Å². The monoisotopic (exact) mass is 271 g/mol. The van der Waals surface area contributed by atoms with E-state index in [2.05, 4.69) is 11.8 Å². The first-order valence-electron chi connectivity index (χ1n) is 7.78. The van der Waals surface area contributed by atoms with Crippen molar-refractivity contribution in [2.75, 3.05) is 32.9 Å². The number of hydrogen-bond acceptors (Lipinski definition) is 4. The summed E-state index contributed by atoms with van der Waals surface area (Å²) < 4.78 is 10.6. The lowest BCUT2D eigenvalue weighted by molar-refractivity contribution is -0.151. The molecule has 1 aliphatic heterocycles. The topological polar surface area (TPSA) is 38.8 Å². The highest BCUT2D eigenvalue weighted by molar-refractivity contribution is 5.75. The Labute approximate surface area is 117 Å². The maximum Gasteiger partial charge on any atom is 0.323 e. The average Bonchev–Trinajstić information content (AvgIpc) is 2.44. The third-order valence-electron chi connectivity index (χ3n) is 3.63. The molecular weight excluding hydrogens is 242 g/mol. The van der Waals surface area contributed by atoms with Crippen molar-refractivity contribution in [1.29, 1.82) is 0 Å². The van der Waals surface area contributed by atoms with Gasteiger partial charge in [0.1, 0.15) is 6.04 Å². The normalized spacial score (nSPS) is 18.2. The summed E-state index contributed by atoms with van der Waals surface area (Å²) in [7, 11) is 0. The van der Waals surface area contributed by atoms with Crippen molar-refractivity contribution in [2.24, 2.45) is 0 Å². The fourth-order valence-corrected chi connectivity index (χ4v) is 2.52. The molecule has 0 radical (unpaired) electrons. The SMILES string of the molecule is CCCCCCC[C@H](C(=O)OCC)N1CCOCC1. The molecule has 4 heteroatoms. The van der Waals surface area contributed by atoms with Crippen molar-refractivity contribution < 1.29 is 14.3 Å². The van der Waals surface area contributed by atoms with Crippen molar-refractivity contribution in [3.8, 4) is 0 Å². The minimum atomic E-state index is -0.0644. The van der Waals surface area contributed by atoms with Crippen LogP contribution in [0.25, 0.3) is 0 Å². The number of carbonyl (C=O) groups excluding carboxylic acids is 1. The summed E-state index contributed by atoms with van der Waals surface area (Å²) in [5.74, 6) is -0.0557. The van der Waals surface area contributed by atoms with Crippen LogP contribution in [0, 0.1) is 0 Å². The molecule has 1 rings (SSSR count). The molecule has 0 unspecified atom stereocenters. The summed E-state index contributed by atoms with van der Waals surface area (Å²) in [5, 5.41) is 0. The summed E-state index contributed by atoms with van der Waals surface area (Å²) in [6.07, 6.45) is 7.07. The maximum atomic E-state index is 12.1. The Kier molecular flexibility index (Phi) is 8.84. The maximum absolute atomic E-state index is 12.1. The fraction of sp³-hybridized carbons (Fsp3) is 0.933. The Morgan fingerprint density at radius 3 is 2.47 bits per heavy atom. The molecule has 4 nitrogen and oxygen atoms in total. The van der Waals surface area contributed by atoms with Crippen molar-refractivity contribution in [3.05, 3.63) is 0 Å². The molecular formula is C15H29NO3. The molecule has 0 spiro atoms. The number of carbonyl (C=O) groups is 1. The number of ether oxygens (including phenoxy) is 2. The van der Waals surface area contributed by atoms with E-state index < -0.39 is 0 Å². The minimum Gasteiger partial charge on any atom is -0.465 e. The number of rotatable bonds is 9. The summed E-state index contributed by atoms with van der Waals surface area (Å²) in [4.78, 5) is 14.3. The van der Waals surface area contributed by atoms with E-state index in [0.29, 0.717) is 6.61 Å². The molecule has 19 heavy (non-hydrogen) atoms. The number of nitrogens with zero attached hydrogens (tertiary/aromatic N) is 1. The zero-order valence-corrected chi connectivity index (χ0v) is 12.5. The molecule has 0 saturated carbocycles. The highest BCUT2D eigenvalue weighted by Gasteiger charge is 2.27. The zero-order valence-electron chi connectivity index (χ0n) is 12.5. The molecule has 1 aliphatic rings. The van der Waals surface area contributed by atoms with E-state index in [-0.39, 0.29) is 12.0 Å². The van der Waals surface area contributed by atoms with Gasteiger partial charge in [-0.15, -0.1) is 0 Å². The lowest BCUT2D eigenvalue weighted by Gasteiger charge is -2.32. The number of morpholine rings is 1. The summed E-state index contributed by atoms with van der Waals surface area (Å²) in [5.41, 5.74) is 0. The Morgan fingerprint density at radius 2 is 1.84 bits per heavy atom. The average molecular weight is 271 g/mol. The van der Waals surface area contributed by atoms with Gasteiger partial charge in [-0.1, -0.05) is 39.0 Å². The van der Waals surface area contributed by atoms with E-state index >= 15 is 0 Å². The van der Waals surface area contributed by atoms with Crippen LogP contribution in [0.1, 0.15) is 52.4 Å². The van der Waals surface area contributed by atoms with Gasteiger partial charge in [0.15, 0.2) is 0 Å². The molecule has 1 fully saturated rings. The van der Waals surface area contributed by atoms with Crippen LogP contribution in [-0.2, 0) is 14.3 Å². The zero-order chi connectivity index (χ0) is 13.9. The number of esters is 1. The van der Waals surface area contributed by atoms with Gasteiger partial charge in [-0.3, -0.25) is 9.69 Å². The van der Waals surface area contributed by atoms with Crippen LogP contribution in [-0.4, -0.2) is 49.8 Å². The first-order valence-corrected chi connectivity index (χ1v) is 7.78. The van der Waals surface area contributed by atoms with Gasteiger partial charge >= 0.3 is 5.97 Å². The van der Waals surface area contributed by atoms with Crippen LogP contribution in [0.3, 0.4) is 0 Å². The molecule has 0 N–H and O–H groups in total. The number of unbranched alkanes of at least 4 members (excludes halogenated alkanes) is 4. The Hall–Kier alpha value is -0.610. The molecule has 0 aliphatic carbocycles. The van der Waals surface area contributed by atoms with E-state index in [1.54, 1.807) is 0 Å². The van der Waals surface area contributed by atoms with Crippen molar-refractivity contribution >= 4 is 5.97 Å². The second kappa shape index (κ2) is 10.2. The smallest absolute Gasteiger partial charge is 0.323 e. The number of hydrogen-bond donors (Lipinski definition) is 0. The summed E-state index contributed by atoms with van der Waals surface area (Å²) >= 11 is 0. The van der Waals surface area contributed by atoms with E-state index in [1.807, 2.05) is 6.92 Å². The molecule has 1 heterocycles. The van der Waals surface area contributed by atoms with Crippen LogP contribution < -0.4 is 0 Å². The van der Waals surface area contributed by atoms with Crippen LogP contribution in [0.4, 0.5) is 0 Å². The van der Waals surface area contributed by atoms with E-state index in [1.165, 1.54) is 25.7 Å². The van der Waals surface area contributed by atoms with Gasteiger partial charge in [0.2, 0.25) is 0 Å². The molecule has 0 bridgehead atoms. The molecule has 1 saturated heterocycles. The molecule has 0 aromatic carbocycles. The largest absolute Gasteiger partial charge is 0.465 e. The first-order chi connectivity index (χ1) is 9.29. The van der Waals surface area contributed by atoms with Crippen molar-refractivity contribution in [1.82, 2.24) is 4.90 Å². The predicted molar refractivity (Wildman–Crippen MR) is 76.2 cm³/mol. The molecule has 112 valence electrons. The lowest BCUT2D eigenvalue weighted by atomic mass is 10.0. The quantitative estimate of drug-likeness (QED) is 0.477. The van der Waals surface area contributed by atoms with E-state index in [0.717, 1.165) is 39.1 Å². The minimum absolute atomic E-state index is 0.0557. The highest BCUT2D eigenvalue weighted by Crippen LogP contribution is 2.15. The van der Waals surface area contributed by atoms with Crippen LogP contribution >= 0.6 is 0 Å². The standard InChI is InChI=1S/C15H29NO3/c1-3-5-6-7-8-9-14(15(17)19-4-2)16-10-12-18-13-11-16/h14H,3-13H2,1-2H3/t14-/m1/s1. The predicted octanol–water partition coefficient (Wildman–Crippen LogP) is 2.61. The Balaban J connectivity index is 2.37. The third kappa shape index (κ3) is 6.39. The molecule has 0 amide bonds. The lowest BCUT2D eigenvalue weighted by Crippen LogP contribution is -2.48. The van der Waals surface area contributed by atoms with Gasteiger partial charge in [-0.05, 0) is 13.3 Å². The van der Waals surface area contributed by atoms with Crippen molar-refractivity contribution in [3.63, 3.8) is 0 Å². The van der Waals surface area contributed by atoms with Gasteiger partial charge in [0.05, 0.1) is 19.8 Å². The Bertz CT molecular complexity index is 240. The molecule has 0 aromatic rings. The van der Waals surface area contributed by atoms with Crippen molar-refractivity contribution in [2.45, 2.75) is 58.4 Å². The van der Waals surface area contributed by atoms with Gasteiger partial charge in [-0.25, -0.2) is 0 Å². The second-order valence-corrected chi connectivity index (χ2v) is 5.12.